The fraction of sp³-hybridized carbons (Fsp3) is 0.308. The molecule has 12 heteroatoms. The molecule has 5 nitrogen and oxygen atoms in total. The minimum Gasteiger partial charge on any atom is -0.502 e. The van der Waals surface area contributed by atoms with Crippen molar-refractivity contribution in [3.8, 4) is 5.75 Å². The Kier molecular flexibility index (Phi) is 13.4. The molecule has 0 aliphatic carbocycles. The van der Waals surface area contributed by atoms with Crippen LogP contribution in [0.5, 0.6) is 5.75 Å². The van der Waals surface area contributed by atoms with Crippen LogP contribution in [0.15, 0.2) is 42.5 Å². The third-order valence-corrected chi connectivity index (χ3v) is 10.1. The van der Waals surface area contributed by atoms with Crippen LogP contribution in [0.2, 0.25) is 0 Å². The predicted molar refractivity (Wildman–Crippen MR) is 198 cm³/mol. The standard InChI is InChI=1S/C21H27N2.C18H15F4NO2.2ClH.Ru/c1-14-9-16(3)20(17(4)10-14)22-7-8-23(13-22)21-18(5)11-15(2)12-19(21)6;1-8(2)25-12-6-5-11(7-9(12)3)23-18(24)13-16(21)14(19)10(4)15(20)17(13)22;;;/h9-13H,7-8H2,1-6H3;3,5-8H,1-2,4H3,(H,23,24);2*1H;/q-1;;;;+2/p-2. The molecule has 0 unspecified atom stereocenters. The molecular formula is C39H42Cl2F4N3O2Ru-. The molecule has 1 aliphatic rings. The summed E-state index contributed by atoms with van der Waals surface area (Å²) in [4.78, 5) is 17.1. The van der Waals surface area contributed by atoms with Crippen molar-refractivity contribution in [3.63, 3.8) is 0 Å². The van der Waals surface area contributed by atoms with Gasteiger partial charge in [0.05, 0.1) is 0 Å². The zero-order valence-corrected chi connectivity index (χ0v) is 33.3. The van der Waals surface area contributed by atoms with E-state index in [1.807, 2.05) is 13.8 Å². The summed E-state index contributed by atoms with van der Waals surface area (Å²) in [7, 11) is 11.8. The molecule has 0 saturated carbocycles. The maximum Gasteiger partial charge on any atom is 0.0146 e. The van der Waals surface area contributed by atoms with Gasteiger partial charge in [-0.15, -0.1) is 0 Å². The van der Waals surface area contributed by atoms with Crippen molar-refractivity contribution in [3.05, 3.63) is 122 Å². The third kappa shape index (κ3) is 9.51. The van der Waals surface area contributed by atoms with Gasteiger partial charge in [0.25, 0.3) is 0 Å². The normalized spacial score (nSPS) is 12.9. The number of anilines is 3. The topological polar surface area (TPSA) is 44.8 Å². The number of nitrogens with zero attached hydrogens (tertiary/aromatic N) is 2. The fourth-order valence-electron chi connectivity index (χ4n) is 6.37. The van der Waals surface area contributed by atoms with Gasteiger partial charge in [0.2, 0.25) is 0 Å². The number of rotatable bonds is 7. The number of halogens is 6. The van der Waals surface area contributed by atoms with Crippen molar-refractivity contribution in [2.45, 2.75) is 68.4 Å². The van der Waals surface area contributed by atoms with E-state index in [4.69, 9.17) is 24.1 Å². The molecule has 1 heterocycles. The van der Waals surface area contributed by atoms with E-state index in [1.54, 1.807) is 4.61 Å². The minimum atomic E-state index is -2.26. The number of hydrogen-bond donors (Lipinski definition) is 1. The van der Waals surface area contributed by atoms with Gasteiger partial charge in [-0.3, -0.25) is 0 Å². The Bertz CT molecular complexity index is 1860. The van der Waals surface area contributed by atoms with Gasteiger partial charge in [0.1, 0.15) is 0 Å². The third-order valence-electron chi connectivity index (χ3n) is 8.23. The largest absolute Gasteiger partial charge is 0.502 e. The summed E-state index contributed by atoms with van der Waals surface area (Å²) in [5.74, 6) is -7.70. The molecular weight excluding hydrogens is 790 g/mol. The van der Waals surface area contributed by atoms with Crippen LogP contribution in [0.25, 0.3) is 0 Å². The van der Waals surface area contributed by atoms with E-state index in [2.05, 4.69) is 87.6 Å². The zero-order chi connectivity index (χ0) is 37.9. The Labute approximate surface area is 311 Å². The number of ether oxygens (including phenoxy) is 1. The molecule has 51 heavy (non-hydrogen) atoms. The van der Waals surface area contributed by atoms with Gasteiger partial charge in [-0.1, -0.05) is 35.4 Å². The molecule has 1 fully saturated rings. The molecule has 1 amide bonds. The van der Waals surface area contributed by atoms with Gasteiger partial charge in [-0.05, 0) is 63.8 Å². The van der Waals surface area contributed by atoms with E-state index in [1.165, 1.54) is 63.0 Å². The van der Waals surface area contributed by atoms with Crippen molar-refractivity contribution >= 4 is 47.0 Å². The molecule has 0 atom stereocenters. The van der Waals surface area contributed by atoms with E-state index in [0.29, 0.717) is 11.3 Å². The van der Waals surface area contributed by atoms with E-state index in [0.717, 1.165) is 20.0 Å². The first kappa shape index (κ1) is 40.3. The van der Waals surface area contributed by atoms with Crippen LogP contribution < -0.4 is 19.9 Å². The quantitative estimate of drug-likeness (QED) is 0.0872. The average Bonchev–Trinajstić information content (AvgIpc) is 3.48. The van der Waals surface area contributed by atoms with E-state index >= 15 is 0 Å². The molecule has 0 radical (unpaired) electrons. The van der Waals surface area contributed by atoms with Gasteiger partial charge < -0.3 is 9.80 Å². The molecule has 4 aromatic rings. The molecule has 1 N–H and O–H groups in total. The number of carbonyl (C=O) groups excluding carboxylic acids is 1. The van der Waals surface area contributed by atoms with Crippen LogP contribution >= 0.6 is 19.4 Å². The average molecular weight is 833 g/mol. The summed E-state index contributed by atoms with van der Waals surface area (Å²) < 4.78 is 62.6. The SMILES string of the molecule is Cc1c(F)c(F)c(C(=O)Nc2ccc(OC(C)C)c([CH]=[Ru]([Cl])[Cl])c2)c(F)c1F.Cc1cc(C)c(N2[CH-]N(c3c(C)cc(C)cc3C)CC2)c(C)c1. The fourth-order valence-corrected chi connectivity index (χ4v) is 8.16. The van der Waals surface area contributed by atoms with Crippen LogP contribution in [0, 0.1) is 78.4 Å². The van der Waals surface area contributed by atoms with Gasteiger partial charge in [-0.2, -0.15) is 6.67 Å². The van der Waals surface area contributed by atoms with Crippen molar-refractivity contribution in [2.75, 3.05) is 28.2 Å². The summed E-state index contributed by atoms with van der Waals surface area (Å²) in [6.07, 6.45) is -0.152. The number of carbonyl (C=O) groups is 1. The van der Waals surface area contributed by atoms with Crippen LogP contribution in [0.4, 0.5) is 34.6 Å². The van der Waals surface area contributed by atoms with Crippen molar-refractivity contribution < 1.29 is 40.6 Å². The first-order valence-corrected chi connectivity index (χ1v) is 21.7. The molecule has 276 valence electrons. The van der Waals surface area contributed by atoms with Crippen LogP contribution in [0.1, 0.15) is 68.7 Å². The summed E-state index contributed by atoms with van der Waals surface area (Å²) in [5, 5.41) is 2.21. The molecule has 4 aromatic carbocycles. The Morgan fingerprint density at radius 2 is 1.24 bits per heavy atom. The first-order chi connectivity index (χ1) is 23.9. The van der Waals surface area contributed by atoms with Crippen LogP contribution in [0.3, 0.4) is 0 Å². The number of amides is 1. The smallest absolute Gasteiger partial charge is 0.0146 e. The number of nitrogens with one attached hydrogen (secondary N) is 1. The number of aryl methyl sites for hydroxylation is 6. The maximum absolute atomic E-state index is 14.0. The van der Waals surface area contributed by atoms with Gasteiger partial charge in [-0.25, -0.2) is 0 Å². The van der Waals surface area contributed by atoms with Crippen molar-refractivity contribution in [1.82, 2.24) is 0 Å². The number of hydrogen-bond acceptors (Lipinski definition) is 4. The molecule has 1 aliphatic heterocycles. The second-order valence-corrected chi connectivity index (χ2v) is 18.7. The Balaban J connectivity index is 0.000000233. The summed E-state index contributed by atoms with van der Waals surface area (Å²) in [6, 6.07) is 13.5. The minimum absolute atomic E-state index is 0.108. The van der Waals surface area contributed by atoms with E-state index in [-0.39, 0.29) is 11.8 Å². The van der Waals surface area contributed by atoms with Crippen LogP contribution in [-0.2, 0) is 13.5 Å². The molecule has 1 saturated heterocycles. The van der Waals surface area contributed by atoms with Crippen molar-refractivity contribution in [2.24, 2.45) is 0 Å². The second kappa shape index (κ2) is 16.9. The Hall–Kier alpha value is -3.46. The van der Waals surface area contributed by atoms with Gasteiger partial charge in [0.15, 0.2) is 0 Å². The second-order valence-electron chi connectivity index (χ2n) is 12.9. The zero-order valence-electron chi connectivity index (χ0n) is 30.0. The molecule has 0 bridgehead atoms. The monoisotopic (exact) mass is 832 g/mol. The molecule has 0 aromatic heterocycles. The van der Waals surface area contributed by atoms with Gasteiger partial charge in [0, 0.05) is 24.5 Å². The van der Waals surface area contributed by atoms with Gasteiger partial charge >= 0.3 is 172 Å². The maximum atomic E-state index is 14.0. The summed E-state index contributed by atoms with van der Waals surface area (Å²) in [5.41, 5.74) is 9.21. The molecule has 0 spiro atoms. The Morgan fingerprint density at radius 1 is 0.784 bits per heavy atom. The molecule has 5 rings (SSSR count). The van der Waals surface area contributed by atoms with Crippen LogP contribution in [-0.4, -0.2) is 29.7 Å². The summed E-state index contributed by atoms with van der Waals surface area (Å²) in [6.45, 7) is 22.1. The predicted octanol–water partition coefficient (Wildman–Crippen LogP) is 10.7. The summed E-state index contributed by atoms with van der Waals surface area (Å²) >= 11 is -2.26. The first-order valence-electron chi connectivity index (χ1n) is 16.2. The Morgan fingerprint density at radius 3 is 1.65 bits per heavy atom. The van der Waals surface area contributed by atoms with E-state index < -0.39 is 53.8 Å². The van der Waals surface area contributed by atoms with Crippen molar-refractivity contribution in [1.29, 1.82) is 0 Å². The van der Waals surface area contributed by atoms with E-state index in [9.17, 15) is 22.4 Å². The number of benzene rings is 4.